The molecule has 0 fully saturated rings. The standard InChI is InChI=1S/C22H23FN2O6S/c1-6-31-21(27)12(2)32-22-24-17-15(11-16(28-3)18(29-4)19(17)30-5)20(26)25(22)14-9-7-13(23)8-10-14/h7-12H,6H2,1-5H3/t12-/m0/s1. The number of fused-ring (bicyclic) bond motifs is 1. The number of methoxy groups -OCH3 is 3. The molecular weight excluding hydrogens is 439 g/mol. The molecule has 0 amide bonds. The maximum absolute atomic E-state index is 13.6. The molecule has 3 rings (SSSR count). The Kier molecular flexibility index (Phi) is 7.24. The molecule has 2 aromatic carbocycles. The SMILES string of the molecule is CCOC(=O)[C@H](C)Sc1nc2c(OC)c(OC)c(OC)cc2c(=O)n1-c1ccc(F)cc1. The van der Waals surface area contributed by atoms with Crippen molar-refractivity contribution >= 4 is 28.6 Å². The van der Waals surface area contributed by atoms with Gasteiger partial charge in [-0.25, -0.2) is 9.37 Å². The fourth-order valence-electron chi connectivity index (χ4n) is 3.13. The Hall–Kier alpha value is -3.27. The second kappa shape index (κ2) is 9.90. The van der Waals surface area contributed by atoms with Crippen LogP contribution in [-0.4, -0.2) is 48.7 Å². The maximum Gasteiger partial charge on any atom is 0.319 e. The summed E-state index contributed by atoms with van der Waals surface area (Å²) in [5, 5.41) is -0.241. The molecule has 0 aliphatic carbocycles. The van der Waals surface area contributed by atoms with Crippen LogP contribution in [-0.2, 0) is 9.53 Å². The fourth-order valence-corrected chi connectivity index (χ4v) is 4.05. The number of ether oxygens (including phenoxy) is 4. The number of rotatable bonds is 8. The van der Waals surface area contributed by atoms with E-state index in [0.717, 1.165) is 11.8 Å². The first-order chi connectivity index (χ1) is 15.4. The summed E-state index contributed by atoms with van der Waals surface area (Å²) in [4.78, 5) is 30.5. The number of benzene rings is 2. The molecule has 8 nitrogen and oxygen atoms in total. The zero-order valence-electron chi connectivity index (χ0n) is 18.3. The van der Waals surface area contributed by atoms with Crippen LogP contribution in [0.2, 0.25) is 0 Å². The van der Waals surface area contributed by atoms with Crippen LogP contribution in [0, 0.1) is 5.82 Å². The van der Waals surface area contributed by atoms with E-state index in [1.54, 1.807) is 13.8 Å². The average molecular weight is 462 g/mol. The van der Waals surface area contributed by atoms with Crippen LogP contribution < -0.4 is 19.8 Å². The normalized spacial score (nSPS) is 11.8. The molecule has 32 heavy (non-hydrogen) atoms. The third-order valence-corrected chi connectivity index (χ3v) is 5.65. The molecule has 1 aromatic heterocycles. The molecule has 0 unspecified atom stereocenters. The van der Waals surface area contributed by atoms with Gasteiger partial charge in [0.2, 0.25) is 5.75 Å². The summed E-state index contributed by atoms with van der Waals surface area (Å²) in [6.45, 7) is 3.59. The van der Waals surface area contributed by atoms with Gasteiger partial charge in [-0.3, -0.25) is 14.2 Å². The Morgan fingerprint density at radius 3 is 2.34 bits per heavy atom. The van der Waals surface area contributed by atoms with Gasteiger partial charge in [0.15, 0.2) is 16.7 Å². The number of hydrogen-bond acceptors (Lipinski definition) is 8. The van der Waals surface area contributed by atoms with Crippen molar-refractivity contribution in [2.24, 2.45) is 0 Å². The molecule has 1 heterocycles. The number of aromatic nitrogens is 2. The third kappa shape index (κ3) is 4.36. The predicted octanol–water partition coefficient (Wildman–Crippen LogP) is 3.59. The first-order valence-corrected chi connectivity index (χ1v) is 10.6. The van der Waals surface area contributed by atoms with E-state index in [2.05, 4.69) is 4.98 Å². The lowest BCUT2D eigenvalue weighted by atomic mass is 10.2. The summed E-state index contributed by atoms with van der Waals surface area (Å²) in [5.74, 6) is -0.102. The van der Waals surface area contributed by atoms with Crippen molar-refractivity contribution in [2.45, 2.75) is 24.3 Å². The van der Waals surface area contributed by atoms with Gasteiger partial charge in [-0.2, -0.15) is 0 Å². The van der Waals surface area contributed by atoms with E-state index in [1.807, 2.05) is 0 Å². The van der Waals surface area contributed by atoms with Crippen LogP contribution in [0.3, 0.4) is 0 Å². The highest BCUT2D eigenvalue weighted by Gasteiger charge is 2.25. The zero-order chi connectivity index (χ0) is 23.4. The summed E-state index contributed by atoms with van der Waals surface area (Å²) in [6, 6.07) is 6.91. The van der Waals surface area contributed by atoms with Crippen LogP contribution in [0.4, 0.5) is 4.39 Å². The summed E-state index contributed by atoms with van der Waals surface area (Å²) >= 11 is 1.04. The summed E-state index contributed by atoms with van der Waals surface area (Å²) in [6.07, 6.45) is 0. The van der Waals surface area contributed by atoms with Crippen LogP contribution in [0.5, 0.6) is 17.2 Å². The quantitative estimate of drug-likeness (QED) is 0.285. The van der Waals surface area contributed by atoms with Gasteiger partial charge in [0.05, 0.1) is 39.0 Å². The number of thioether (sulfide) groups is 1. The molecule has 0 radical (unpaired) electrons. The lowest BCUT2D eigenvalue weighted by Gasteiger charge is -2.18. The molecule has 0 bridgehead atoms. The van der Waals surface area contributed by atoms with E-state index in [1.165, 1.54) is 56.2 Å². The smallest absolute Gasteiger partial charge is 0.319 e. The zero-order valence-corrected chi connectivity index (χ0v) is 19.1. The van der Waals surface area contributed by atoms with E-state index in [0.29, 0.717) is 11.4 Å². The molecule has 170 valence electrons. The van der Waals surface area contributed by atoms with Crippen molar-refractivity contribution in [3.8, 4) is 22.9 Å². The van der Waals surface area contributed by atoms with E-state index in [-0.39, 0.29) is 34.2 Å². The topological polar surface area (TPSA) is 88.9 Å². The van der Waals surface area contributed by atoms with Crippen molar-refractivity contribution in [3.63, 3.8) is 0 Å². The molecule has 0 aliphatic rings. The number of nitrogens with zero attached hydrogens (tertiary/aromatic N) is 2. The number of halogens is 1. The van der Waals surface area contributed by atoms with Gasteiger partial charge in [0.25, 0.3) is 5.56 Å². The van der Waals surface area contributed by atoms with E-state index < -0.39 is 22.6 Å². The predicted molar refractivity (Wildman–Crippen MR) is 119 cm³/mol. The molecule has 0 saturated carbocycles. The van der Waals surface area contributed by atoms with Crippen molar-refractivity contribution in [1.82, 2.24) is 9.55 Å². The number of esters is 1. The highest BCUT2D eigenvalue weighted by molar-refractivity contribution is 8.00. The summed E-state index contributed by atoms with van der Waals surface area (Å²) in [5.41, 5.74) is 0.185. The lowest BCUT2D eigenvalue weighted by Crippen LogP contribution is -2.24. The first-order valence-electron chi connectivity index (χ1n) is 9.71. The monoisotopic (exact) mass is 462 g/mol. The Labute approximate surface area is 188 Å². The summed E-state index contributed by atoms with van der Waals surface area (Å²) in [7, 11) is 4.32. The molecule has 0 saturated heterocycles. The number of hydrogen-bond donors (Lipinski definition) is 0. The molecule has 0 N–H and O–H groups in total. The Balaban J connectivity index is 2.35. The fraction of sp³-hybridized carbons (Fsp3) is 0.318. The third-order valence-electron chi connectivity index (χ3n) is 4.62. The van der Waals surface area contributed by atoms with E-state index >= 15 is 0 Å². The highest BCUT2D eigenvalue weighted by atomic mass is 32.2. The van der Waals surface area contributed by atoms with Crippen LogP contribution in [0.15, 0.2) is 40.3 Å². The highest BCUT2D eigenvalue weighted by Crippen LogP contribution is 2.42. The number of carbonyl (C=O) groups excluding carboxylic acids is 1. The van der Waals surface area contributed by atoms with Crippen LogP contribution >= 0.6 is 11.8 Å². The van der Waals surface area contributed by atoms with Crippen molar-refractivity contribution < 1.29 is 28.1 Å². The van der Waals surface area contributed by atoms with Crippen LogP contribution in [0.25, 0.3) is 16.6 Å². The first kappa shape index (κ1) is 23.4. The average Bonchev–Trinajstić information content (AvgIpc) is 2.79. The molecule has 0 aliphatic heterocycles. The van der Waals surface area contributed by atoms with Gasteiger partial charge >= 0.3 is 5.97 Å². The van der Waals surface area contributed by atoms with Crippen molar-refractivity contribution in [3.05, 3.63) is 46.5 Å². The van der Waals surface area contributed by atoms with Gasteiger partial charge in [-0.15, -0.1) is 0 Å². The number of carbonyl (C=O) groups is 1. The van der Waals surface area contributed by atoms with Crippen molar-refractivity contribution in [1.29, 1.82) is 0 Å². The maximum atomic E-state index is 13.6. The molecule has 0 spiro atoms. The Morgan fingerprint density at radius 2 is 1.78 bits per heavy atom. The van der Waals surface area contributed by atoms with Gasteiger partial charge < -0.3 is 18.9 Å². The minimum absolute atomic E-state index is 0.206. The minimum atomic E-state index is -0.655. The van der Waals surface area contributed by atoms with E-state index in [9.17, 15) is 14.0 Å². The Morgan fingerprint density at radius 1 is 1.12 bits per heavy atom. The van der Waals surface area contributed by atoms with Crippen molar-refractivity contribution in [2.75, 3.05) is 27.9 Å². The second-order valence-corrected chi connectivity index (χ2v) is 7.87. The van der Waals surface area contributed by atoms with Gasteiger partial charge in [-0.1, -0.05) is 11.8 Å². The van der Waals surface area contributed by atoms with Gasteiger partial charge in [-0.05, 0) is 44.2 Å². The molecule has 10 heteroatoms. The van der Waals surface area contributed by atoms with E-state index in [4.69, 9.17) is 18.9 Å². The van der Waals surface area contributed by atoms with Crippen LogP contribution in [0.1, 0.15) is 13.8 Å². The van der Waals surface area contributed by atoms with Gasteiger partial charge in [0.1, 0.15) is 16.6 Å². The van der Waals surface area contributed by atoms with Gasteiger partial charge in [0, 0.05) is 0 Å². The lowest BCUT2D eigenvalue weighted by molar-refractivity contribution is -0.142. The second-order valence-electron chi connectivity index (χ2n) is 6.56. The Bertz CT molecular complexity index is 1200. The minimum Gasteiger partial charge on any atom is -0.493 e. The molecule has 1 atom stereocenters. The summed E-state index contributed by atoms with van der Waals surface area (Å²) < 4.78 is 36.2. The largest absolute Gasteiger partial charge is 0.493 e. The molecular formula is C22H23FN2O6S. The molecule has 3 aromatic rings.